The predicted octanol–water partition coefficient (Wildman–Crippen LogP) is 4.22. The zero-order chi connectivity index (χ0) is 20.2. The third kappa shape index (κ3) is 6.22. The Labute approximate surface area is 171 Å². The second kappa shape index (κ2) is 8.71. The van der Waals surface area contributed by atoms with Crippen molar-refractivity contribution in [3.05, 3.63) is 51.2 Å². The predicted molar refractivity (Wildman–Crippen MR) is 109 cm³/mol. The number of pyridine rings is 1. The number of carbonyl (C=O) groups is 2. The van der Waals surface area contributed by atoms with Crippen molar-refractivity contribution in [3.8, 4) is 5.75 Å². The molecule has 1 aromatic carbocycles. The van der Waals surface area contributed by atoms with Crippen LogP contribution in [0.1, 0.15) is 36.8 Å². The summed E-state index contributed by atoms with van der Waals surface area (Å²) in [5.41, 5.74) is 0.975. The van der Waals surface area contributed by atoms with Gasteiger partial charge < -0.3 is 15.4 Å². The van der Waals surface area contributed by atoms with Crippen LogP contribution in [0.2, 0.25) is 5.02 Å². The monoisotopic (exact) mass is 453 g/mol. The van der Waals surface area contributed by atoms with Crippen molar-refractivity contribution in [3.63, 3.8) is 0 Å². The first-order valence-electron chi connectivity index (χ1n) is 8.19. The molecule has 144 valence electrons. The molecular formula is C19H21BrClN3O3. The van der Waals surface area contributed by atoms with Crippen molar-refractivity contribution < 1.29 is 14.3 Å². The standard InChI is InChI=1S/C19H21BrClN3O3/c1-19(2,3)24-18(26)15-10-13(5-6-22-15)23-16(25)8-11-7-12(21)9-14(20)17(11)27-4/h5-7,9-10H,8H2,1-4H3,(H,24,26)(H,22,23,25). The van der Waals surface area contributed by atoms with Crippen molar-refractivity contribution in [1.82, 2.24) is 10.3 Å². The van der Waals surface area contributed by atoms with Crippen LogP contribution in [0.4, 0.5) is 5.69 Å². The molecule has 0 spiro atoms. The van der Waals surface area contributed by atoms with Crippen LogP contribution in [-0.4, -0.2) is 29.4 Å². The molecule has 0 saturated heterocycles. The van der Waals surface area contributed by atoms with E-state index in [9.17, 15) is 9.59 Å². The van der Waals surface area contributed by atoms with E-state index in [0.29, 0.717) is 26.5 Å². The number of nitrogens with zero attached hydrogens (tertiary/aromatic N) is 1. The van der Waals surface area contributed by atoms with E-state index in [1.54, 1.807) is 18.2 Å². The van der Waals surface area contributed by atoms with Crippen LogP contribution < -0.4 is 15.4 Å². The summed E-state index contributed by atoms with van der Waals surface area (Å²) in [7, 11) is 1.53. The van der Waals surface area contributed by atoms with E-state index < -0.39 is 0 Å². The molecule has 0 unspecified atom stereocenters. The largest absolute Gasteiger partial charge is 0.495 e. The average molecular weight is 455 g/mol. The average Bonchev–Trinajstić information content (AvgIpc) is 2.53. The Balaban J connectivity index is 2.13. The first-order valence-corrected chi connectivity index (χ1v) is 9.36. The highest BCUT2D eigenvalue weighted by Crippen LogP contribution is 2.33. The highest BCUT2D eigenvalue weighted by atomic mass is 79.9. The molecule has 1 heterocycles. The van der Waals surface area contributed by atoms with E-state index in [-0.39, 0.29) is 29.5 Å². The maximum Gasteiger partial charge on any atom is 0.270 e. The number of aromatic nitrogens is 1. The van der Waals surface area contributed by atoms with Gasteiger partial charge in [-0.2, -0.15) is 0 Å². The lowest BCUT2D eigenvalue weighted by atomic mass is 10.1. The Morgan fingerprint density at radius 3 is 2.59 bits per heavy atom. The molecule has 0 aliphatic carbocycles. The van der Waals surface area contributed by atoms with Gasteiger partial charge in [-0.1, -0.05) is 11.6 Å². The highest BCUT2D eigenvalue weighted by molar-refractivity contribution is 9.10. The molecular weight excluding hydrogens is 434 g/mol. The quantitative estimate of drug-likeness (QED) is 0.709. The van der Waals surface area contributed by atoms with E-state index in [4.69, 9.17) is 16.3 Å². The van der Waals surface area contributed by atoms with Gasteiger partial charge in [-0.05, 0) is 61.0 Å². The fourth-order valence-corrected chi connectivity index (χ4v) is 3.42. The molecule has 2 aromatic rings. The van der Waals surface area contributed by atoms with Crippen molar-refractivity contribution in [2.45, 2.75) is 32.7 Å². The summed E-state index contributed by atoms with van der Waals surface area (Å²) in [6.07, 6.45) is 1.54. The number of anilines is 1. The number of benzene rings is 1. The summed E-state index contributed by atoms with van der Waals surface area (Å²) in [5, 5.41) is 6.09. The summed E-state index contributed by atoms with van der Waals surface area (Å²) >= 11 is 9.43. The van der Waals surface area contributed by atoms with E-state index in [2.05, 4.69) is 31.5 Å². The lowest BCUT2D eigenvalue weighted by Crippen LogP contribution is -2.40. The Morgan fingerprint density at radius 2 is 1.96 bits per heavy atom. The van der Waals surface area contributed by atoms with Crippen LogP contribution in [0, 0.1) is 0 Å². The molecule has 2 amide bonds. The number of amides is 2. The Morgan fingerprint density at radius 1 is 1.26 bits per heavy atom. The molecule has 2 rings (SSSR count). The van der Waals surface area contributed by atoms with Crippen LogP contribution >= 0.6 is 27.5 Å². The van der Waals surface area contributed by atoms with E-state index >= 15 is 0 Å². The first kappa shape index (κ1) is 21.2. The molecule has 0 radical (unpaired) electrons. The zero-order valence-corrected chi connectivity index (χ0v) is 17.9. The van der Waals surface area contributed by atoms with E-state index in [1.165, 1.54) is 19.4 Å². The molecule has 8 heteroatoms. The van der Waals surface area contributed by atoms with E-state index in [1.807, 2.05) is 20.8 Å². The maximum atomic E-state index is 12.4. The minimum atomic E-state index is -0.380. The summed E-state index contributed by atoms with van der Waals surface area (Å²) in [6, 6.07) is 6.53. The summed E-state index contributed by atoms with van der Waals surface area (Å²) in [4.78, 5) is 28.7. The topological polar surface area (TPSA) is 80.3 Å². The molecule has 0 bridgehead atoms. The third-order valence-corrected chi connectivity index (χ3v) is 4.21. The minimum Gasteiger partial charge on any atom is -0.495 e. The number of hydrogen-bond donors (Lipinski definition) is 2. The number of methoxy groups -OCH3 is 1. The van der Waals surface area contributed by atoms with Crippen LogP contribution in [0.3, 0.4) is 0 Å². The SMILES string of the molecule is COc1c(Br)cc(Cl)cc1CC(=O)Nc1ccnc(C(=O)NC(C)(C)C)c1. The van der Waals surface area contributed by atoms with Crippen molar-refractivity contribution >= 4 is 45.0 Å². The summed E-state index contributed by atoms with van der Waals surface area (Å²) in [5.74, 6) is -0.0237. The van der Waals surface area contributed by atoms with Crippen molar-refractivity contribution in [1.29, 1.82) is 0 Å². The Hall–Kier alpha value is -2.12. The lowest BCUT2D eigenvalue weighted by Gasteiger charge is -2.20. The highest BCUT2D eigenvalue weighted by Gasteiger charge is 2.17. The normalized spacial score (nSPS) is 11.0. The first-order chi connectivity index (χ1) is 12.6. The number of ether oxygens (including phenoxy) is 1. The molecule has 0 saturated carbocycles. The second-order valence-corrected chi connectivity index (χ2v) is 8.23. The molecule has 0 fully saturated rings. The van der Waals surface area contributed by atoms with Gasteiger partial charge in [0, 0.05) is 28.0 Å². The van der Waals surface area contributed by atoms with Crippen molar-refractivity contribution in [2.24, 2.45) is 0 Å². The molecule has 0 aliphatic heterocycles. The Bertz CT molecular complexity index is 866. The van der Waals surface area contributed by atoms with Crippen LogP contribution in [0.25, 0.3) is 0 Å². The minimum absolute atomic E-state index is 0.0637. The van der Waals surface area contributed by atoms with Gasteiger partial charge in [0.2, 0.25) is 5.91 Å². The zero-order valence-electron chi connectivity index (χ0n) is 15.5. The second-order valence-electron chi connectivity index (χ2n) is 6.94. The summed E-state index contributed by atoms with van der Waals surface area (Å²) < 4.78 is 6.00. The number of halogens is 2. The Kier molecular flexibility index (Phi) is 6.84. The summed E-state index contributed by atoms with van der Waals surface area (Å²) in [6.45, 7) is 5.65. The van der Waals surface area contributed by atoms with Gasteiger partial charge in [0.15, 0.2) is 0 Å². The fourth-order valence-electron chi connectivity index (χ4n) is 2.39. The third-order valence-electron chi connectivity index (χ3n) is 3.41. The van der Waals surface area contributed by atoms with Gasteiger partial charge in [-0.15, -0.1) is 0 Å². The van der Waals surface area contributed by atoms with Crippen molar-refractivity contribution in [2.75, 3.05) is 12.4 Å². The van der Waals surface area contributed by atoms with Crippen LogP contribution in [0.5, 0.6) is 5.75 Å². The van der Waals surface area contributed by atoms with Gasteiger partial charge in [-0.25, -0.2) is 0 Å². The molecule has 1 aromatic heterocycles. The molecule has 6 nitrogen and oxygen atoms in total. The molecule has 27 heavy (non-hydrogen) atoms. The van der Waals surface area contributed by atoms with E-state index in [0.717, 1.165) is 0 Å². The fraction of sp³-hybridized carbons (Fsp3) is 0.316. The number of hydrogen-bond acceptors (Lipinski definition) is 4. The number of rotatable bonds is 5. The van der Waals surface area contributed by atoms with Gasteiger partial charge in [-0.3, -0.25) is 14.6 Å². The van der Waals surface area contributed by atoms with Gasteiger partial charge >= 0.3 is 0 Å². The number of nitrogens with one attached hydrogen (secondary N) is 2. The van der Waals surface area contributed by atoms with Gasteiger partial charge in [0.1, 0.15) is 11.4 Å². The molecule has 0 atom stereocenters. The number of carbonyl (C=O) groups excluding carboxylic acids is 2. The lowest BCUT2D eigenvalue weighted by molar-refractivity contribution is -0.115. The smallest absolute Gasteiger partial charge is 0.270 e. The maximum absolute atomic E-state index is 12.4. The van der Waals surface area contributed by atoms with Gasteiger partial charge in [0.25, 0.3) is 5.91 Å². The van der Waals surface area contributed by atoms with Gasteiger partial charge in [0.05, 0.1) is 18.0 Å². The van der Waals surface area contributed by atoms with Crippen LogP contribution in [-0.2, 0) is 11.2 Å². The van der Waals surface area contributed by atoms with Crippen LogP contribution in [0.15, 0.2) is 34.9 Å². The molecule has 2 N–H and O–H groups in total. The molecule has 0 aliphatic rings.